The normalized spacial score (nSPS) is 10.1. The lowest BCUT2D eigenvalue weighted by molar-refractivity contribution is -0.140. The van der Waals surface area contributed by atoms with E-state index in [0.29, 0.717) is 12.4 Å². The average molecular weight is 303 g/mol. The minimum atomic E-state index is -0.144. The van der Waals surface area contributed by atoms with E-state index in [-0.39, 0.29) is 5.97 Å². The number of benzene rings is 1. The zero-order valence-electron chi connectivity index (χ0n) is 9.24. The summed E-state index contributed by atoms with van der Waals surface area (Å²) >= 11 is 4.93. The van der Waals surface area contributed by atoms with E-state index in [2.05, 4.69) is 22.9 Å². The van der Waals surface area contributed by atoms with Gasteiger partial charge in [0.1, 0.15) is 0 Å². The molecule has 0 aliphatic rings. The van der Waals surface area contributed by atoms with Crippen LogP contribution in [-0.2, 0) is 9.53 Å². The minimum absolute atomic E-state index is 0.144. The van der Waals surface area contributed by atoms with Crippen LogP contribution in [-0.4, -0.2) is 18.3 Å². The Balaban J connectivity index is 2.29. The van der Waals surface area contributed by atoms with Crippen molar-refractivity contribution >= 4 is 33.7 Å². The molecule has 1 aromatic carbocycles. The highest BCUT2D eigenvalue weighted by Crippen LogP contribution is 2.26. The maximum atomic E-state index is 11.3. The van der Waals surface area contributed by atoms with Gasteiger partial charge in [0, 0.05) is 9.37 Å². The number of carbonyl (C=O) groups excluding carboxylic acids is 1. The van der Waals surface area contributed by atoms with E-state index in [1.165, 1.54) is 11.8 Å². The second-order valence-corrected chi connectivity index (χ2v) is 5.16. The van der Waals surface area contributed by atoms with Crippen molar-refractivity contribution in [2.24, 2.45) is 0 Å². The first kappa shape index (κ1) is 13.6. The molecule has 0 saturated carbocycles. The Morgan fingerprint density at radius 1 is 1.44 bits per heavy atom. The molecule has 0 spiro atoms. The minimum Gasteiger partial charge on any atom is -0.465 e. The molecule has 0 atom stereocenters. The smallest absolute Gasteiger partial charge is 0.316 e. The van der Waals surface area contributed by atoms with Gasteiger partial charge >= 0.3 is 5.97 Å². The molecule has 16 heavy (non-hydrogen) atoms. The number of thioether (sulfide) groups is 1. The predicted octanol–water partition coefficient (Wildman–Crippen LogP) is 3.88. The van der Waals surface area contributed by atoms with Crippen LogP contribution in [0.2, 0.25) is 0 Å². The highest BCUT2D eigenvalue weighted by Gasteiger charge is 2.05. The van der Waals surface area contributed by atoms with Crippen LogP contribution in [0.25, 0.3) is 0 Å². The summed E-state index contributed by atoms with van der Waals surface area (Å²) in [6.45, 7) is 2.61. The Labute approximate surface area is 109 Å². The van der Waals surface area contributed by atoms with Crippen LogP contribution in [0.4, 0.5) is 0 Å². The fourth-order valence-corrected chi connectivity index (χ4v) is 2.44. The lowest BCUT2D eigenvalue weighted by atomic mass is 10.4. The van der Waals surface area contributed by atoms with Crippen LogP contribution in [0.3, 0.4) is 0 Å². The summed E-state index contributed by atoms with van der Waals surface area (Å²) in [5.41, 5.74) is 0. The molecule has 0 aliphatic carbocycles. The summed E-state index contributed by atoms with van der Waals surface area (Å²) in [6.07, 6.45) is 1.98. The van der Waals surface area contributed by atoms with Crippen LogP contribution in [0.5, 0.6) is 0 Å². The maximum Gasteiger partial charge on any atom is 0.316 e. The largest absolute Gasteiger partial charge is 0.465 e. The highest BCUT2D eigenvalue weighted by molar-refractivity contribution is 9.10. The van der Waals surface area contributed by atoms with Crippen molar-refractivity contribution in [2.45, 2.75) is 24.7 Å². The molecule has 0 bridgehead atoms. The quantitative estimate of drug-likeness (QED) is 0.453. The van der Waals surface area contributed by atoms with Gasteiger partial charge in [0.15, 0.2) is 0 Å². The molecule has 1 aromatic rings. The van der Waals surface area contributed by atoms with E-state index >= 15 is 0 Å². The second kappa shape index (κ2) is 7.74. The summed E-state index contributed by atoms with van der Waals surface area (Å²) in [5, 5.41) is 0. The number of halogens is 1. The monoisotopic (exact) mass is 302 g/mol. The lowest BCUT2D eigenvalue weighted by Crippen LogP contribution is -2.08. The van der Waals surface area contributed by atoms with Gasteiger partial charge in [-0.25, -0.2) is 0 Å². The van der Waals surface area contributed by atoms with Crippen molar-refractivity contribution in [1.29, 1.82) is 0 Å². The predicted molar refractivity (Wildman–Crippen MR) is 70.7 cm³/mol. The third-order valence-electron chi connectivity index (χ3n) is 1.94. The van der Waals surface area contributed by atoms with Gasteiger partial charge in [-0.05, 0) is 34.5 Å². The summed E-state index contributed by atoms with van der Waals surface area (Å²) in [5.74, 6) is 0.223. The van der Waals surface area contributed by atoms with Gasteiger partial charge in [0.25, 0.3) is 0 Å². The molecule has 0 N–H and O–H groups in total. The maximum absolute atomic E-state index is 11.3. The highest BCUT2D eigenvalue weighted by atomic mass is 79.9. The Morgan fingerprint density at radius 3 is 2.88 bits per heavy atom. The first-order valence-electron chi connectivity index (χ1n) is 5.27. The number of esters is 1. The molecular weight excluding hydrogens is 288 g/mol. The summed E-state index contributed by atoms with van der Waals surface area (Å²) in [4.78, 5) is 12.4. The van der Waals surface area contributed by atoms with Gasteiger partial charge < -0.3 is 4.74 Å². The van der Waals surface area contributed by atoms with Crippen LogP contribution in [0.15, 0.2) is 33.6 Å². The van der Waals surface area contributed by atoms with Crippen molar-refractivity contribution in [1.82, 2.24) is 0 Å². The molecule has 1 rings (SSSR count). The number of hydrogen-bond acceptors (Lipinski definition) is 3. The Morgan fingerprint density at radius 2 is 2.19 bits per heavy atom. The molecule has 0 fully saturated rings. The third kappa shape index (κ3) is 5.03. The molecule has 0 saturated heterocycles. The van der Waals surface area contributed by atoms with Crippen molar-refractivity contribution in [2.75, 3.05) is 12.4 Å². The zero-order valence-corrected chi connectivity index (χ0v) is 11.6. The fourth-order valence-electron chi connectivity index (χ4n) is 1.07. The molecule has 0 aliphatic heterocycles. The molecule has 2 nitrogen and oxygen atoms in total. The van der Waals surface area contributed by atoms with E-state index in [0.717, 1.165) is 22.2 Å². The van der Waals surface area contributed by atoms with Crippen LogP contribution in [0, 0.1) is 0 Å². The first-order valence-corrected chi connectivity index (χ1v) is 7.05. The van der Waals surface area contributed by atoms with E-state index in [1.54, 1.807) is 0 Å². The number of rotatable bonds is 6. The average Bonchev–Trinajstić information content (AvgIpc) is 2.28. The topological polar surface area (TPSA) is 26.3 Å². The molecule has 4 heteroatoms. The standard InChI is InChI=1S/C12H15BrO2S/c1-2-3-8-15-12(14)9-16-11-7-5-4-6-10(11)13/h4-7H,2-3,8-9H2,1H3. The van der Waals surface area contributed by atoms with Crippen molar-refractivity contribution in [3.8, 4) is 0 Å². The van der Waals surface area contributed by atoms with Gasteiger partial charge in [-0.1, -0.05) is 25.5 Å². The van der Waals surface area contributed by atoms with Crippen molar-refractivity contribution in [3.63, 3.8) is 0 Å². The van der Waals surface area contributed by atoms with E-state index in [1.807, 2.05) is 24.3 Å². The van der Waals surface area contributed by atoms with Gasteiger partial charge in [-0.2, -0.15) is 0 Å². The van der Waals surface area contributed by atoms with Crippen LogP contribution in [0.1, 0.15) is 19.8 Å². The van der Waals surface area contributed by atoms with Gasteiger partial charge in [0.2, 0.25) is 0 Å². The Bertz CT molecular complexity index is 342. The van der Waals surface area contributed by atoms with Gasteiger partial charge in [0.05, 0.1) is 12.4 Å². The zero-order chi connectivity index (χ0) is 11.8. The molecule has 0 aromatic heterocycles. The van der Waals surface area contributed by atoms with E-state index < -0.39 is 0 Å². The Kier molecular flexibility index (Phi) is 6.57. The molecule has 0 unspecified atom stereocenters. The molecule has 88 valence electrons. The molecule has 0 amide bonds. The SMILES string of the molecule is CCCCOC(=O)CSc1ccccc1Br. The third-order valence-corrected chi connectivity index (χ3v) is 3.94. The number of hydrogen-bond donors (Lipinski definition) is 0. The summed E-state index contributed by atoms with van der Waals surface area (Å²) in [6, 6.07) is 7.85. The number of ether oxygens (including phenoxy) is 1. The number of carbonyl (C=O) groups is 1. The van der Waals surface area contributed by atoms with Crippen molar-refractivity contribution < 1.29 is 9.53 Å². The van der Waals surface area contributed by atoms with E-state index in [9.17, 15) is 4.79 Å². The summed E-state index contributed by atoms with van der Waals surface area (Å²) < 4.78 is 6.08. The molecule has 0 heterocycles. The first-order chi connectivity index (χ1) is 7.74. The number of unbranched alkanes of at least 4 members (excludes halogenated alkanes) is 1. The molecule has 0 radical (unpaired) electrons. The van der Waals surface area contributed by atoms with Gasteiger partial charge in [-0.15, -0.1) is 11.8 Å². The second-order valence-electron chi connectivity index (χ2n) is 3.29. The lowest BCUT2D eigenvalue weighted by Gasteiger charge is -2.05. The van der Waals surface area contributed by atoms with Gasteiger partial charge in [-0.3, -0.25) is 4.79 Å². The Hall–Kier alpha value is -0.480. The van der Waals surface area contributed by atoms with Crippen LogP contribution >= 0.6 is 27.7 Å². The fraction of sp³-hybridized carbons (Fsp3) is 0.417. The summed E-state index contributed by atoms with van der Waals surface area (Å²) in [7, 11) is 0. The van der Waals surface area contributed by atoms with E-state index in [4.69, 9.17) is 4.74 Å². The van der Waals surface area contributed by atoms with Crippen LogP contribution < -0.4 is 0 Å². The molecular formula is C12H15BrO2S. The van der Waals surface area contributed by atoms with Crippen molar-refractivity contribution in [3.05, 3.63) is 28.7 Å².